The Kier molecular flexibility index (Phi) is 4.86. The Morgan fingerprint density at radius 3 is 2.25 bits per heavy atom. The second-order valence-corrected chi connectivity index (χ2v) is 6.57. The van der Waals surface area contributed by atoms with Gasteiger partial charge in [-0.1, -0.05) is 30.3 Å². The summed E-state index contributed by atoms with van der Waals surface area (Å²) in [7, 11) is 0. The number of rotatable bonds is 5. The van der Waals surface area contributed by atoms with Gasteiger partial charge in [0.2, 0.25) is 0 Å². The zero-order valence-electron chi connectivity index (χ0n) is 13.9. The van der Waals surface area contributed by atoms with Gasteiger partial charge in [0, 0.05) is 5.56 Å². The molecule has 0 atom stereocenters. The van der Waals surface area contributed by atoms with Crippen molar-refractivity contribution in [2.45, 2.75) is 16.6 Å². The van der Waals surface area contributed by atoms with Crippen LogP contribution in [0.2, 0.25) is 0 Å². The highest BCUT2D eigenvalue weighted by Crippen LogP contribution is 2.34. The van der Waals surface area contributed by atoms with E-state index < -0.39 is 28.4 Å². The largest absolute Gasteiger partial charge is 0.467 e. The maximum absolute atomic E-state index is 14.0. The molecule has 0 aliphatic rings. The van der Waals surface area contributed by atoms with E-state index in [1.807, 2.05) is 6.07 Å². The lowest BCUT2D eigenvalue weighted by Gasteiger charge is -2.10. The van der Waals surface area contributed by atoms with E-state index in [2.05, 4.69) is 15.2 Å². The Morgan fingerprint density at radius 1 is 0.893 bits per heavy atom. The summed E-state index contributed by atoms with van der Waals surface area (Å²) in [6.07, 6.45) is 1.47. The highest BCUT2D eigenvalue weighted by molar-refractivity contribution is 7.99. The van der Waals surface area contributed by atoms with Crippen LogP contribution in [0.15, 0.2) is 63.2 Å². The molecule has 0 aliphatic heterocycles. The van der Waals surface area contributed by atoms with Gasteiger partial charge >= 0.3 is 0 Å². The van der Waals surface area contributed by atoms with Crippen molar-refractivity contribution in [3.8, 4) is 11.4 Å². The van der Waals surface area contributed by atoms with Gasteiger partial charge in [0.25, 0.3) is 11.9 Å². The van der Waals surface area contributed by atoms with E-state index in [9.17, 15) is 17.6 Å². The molecule has 142 valence electrons. The fraction of sp³-hybridized carbons (Fsp3) is 0.0556. The van der Waals surface area contributed by atoms with Gasteiger partial charge in [-0.2, -0.15) is 13.8 Å². The molecule has 1 aromatic carbocycles. The Labute approximate surface area is 160 Å². The summed E-state index contributed by atoms with van der Waals surface area (Å²) in [5.74, 6) is -5.74. The summed E-state index contributed by atoms with van der Waals surface area (Å²) in [4.78, 5) is 1.67. The minimum absolute atomic E-state index is 0.0260. The van der Waals surface area contributed by atoms with Crippen LogP contribution in [0.5, 0.6) is 0 Å². The molecule has 5 nitrogen and oxygen atoms in total. The van der Waals surface area contributed by atoms with E-state index in [-0.39, 0.29) is 11.7 Å². The molecule has 4 rings (SSSR count). The topological polar surface area (TPSA) is 56.7 Å². The third-order valence-electron chi connectivity index (χ3n) is 3.79. The first kappa shape index (κ1) is 18.2. The Balaban J connectivity index is 1.81. The quantitative estimate of drug-likeness (QED) is 0.356. The first-order chi connectivity index (χ1) is 13.5. The summed E-state index contributed by atoms with van der Waals surface area (Å²) in [5, 5.41) is 8.04. The second kappa shape index (κ2) is 7.47. The Morgan fingerprint density at radius 2 is 1.61 bits per heavy atom. The number of halogens is 4. The molecule has 0 radical (unpaired) electrons. The molecule has 0 saturated carbocycles. The number of nitrogens with zero attached hydrogens (tertiary/aromatic N) is 4. The van der Waals surface area contributed by atoms with Gasteiger partial charge in [-0.15, -0.1) is 10.2 Å². The van der Waals surface area contributed by atoms with Crippen molar-refractivity contribution in [2.75, 3.05) is 0 Å². The molecule has 0 spiro atoms. The average molecular weight is 406 g/mol. The molecule has 28 heavy (non-hydrogen) atoms. The van der Waals surface area contributed by atoms with Gasteiger partial charge in [-0.05, 0) is 23.9 Å². The number of aromatic nitrogens is 4. The summed E-state index contributed by atoms with van der Waals surface area (Å²) < 4.78 is 61.8. The van der Waals surface area contributed by atoms with Crippen molar-refractivity contribution in [1.82, 2.24) is 19.7 Å². The van der Waals surface area contributed by atoms with Crippen LogP contribution in [0.3, 0.4) is 0 Å². The summed E-state index contributed by atoms with van der Waals surface area (Å²) in [5.41, 5.74) is 0.696. The summed E-state index contributed by atoms with van der Waals surface area (Å²) in [6.45, 7) is 0.145. The van der Waals surface area contributed by atoms with E-state index in [1.54, 1.807) is 36.4 Å². The molecule has 0 unspecified atom stereocenters. The minimum atomic E-state index is -1.73. The van der Waals surface area contributed by atoms with E-state index in [0.29, 0.717) is 28.9 Å². The highest BCUT2D eigenvalue weighted by Gasteiger charge is 2.25. The van der Waals surface area contributed by atoms with Gasteiger partial charge < -0.3 is 4.42 Å². The molecule has 0 saturated heterocycles. The highest BCUT2D eigenvalue weighted by atomic mass is 32.2. The van der Waals surface area contributed by atoms with Crippen molar-refractivity contribution in [2.24, 2.45) is 0 Å². The minimum Gasteiger partial charge on any atom is -0.467 e. The normalized spacial score (nSPS) is 11.1. The van der Waals surface area contributed by atoms with Crippen LogP contribution in [0, 0.1) is 23.5 Å². The second-order valence-electron chi connectivity index (χ2n) is 5.59. The molecule has 3 heterocycles. The van der Waals surface area contributed by atoms with Crippen molar-refractivity contribution >= 4 is 11.8 Å². The standard InChI is InChI=1S/C18H10F4N4OS/c19-12-14(13(20)16(22)23-15(12)21)28-18-25-24-17(10-5-2-1-3-6-10)26(18)9-11-7-4-8-27-11/h1-8H,9H2. The van der Waals surface area contributed by atoms with Gasteiger partial charge in [0.15, 0.2) is 22.6 Å². The van der Waals surface area contributed by atoms with Crippen molar-refractivity contribution in [3.05, 3.63) is 78.0 Å². The SMILES string of the molecule is Fc1nc(F)c(F)c(Sc2nnc(-c3ccccc3)n2Cc2ccco2)c1F. The lowest BCUT2D eigenvalue weighted by molar-refractivity contribution is 0.383. The van der Waals surface area contributed by atoms with E-state index in [0.717, 1.165) is 0 Å². The molecule has 0 bridgehead atoms. The lowest BCUT2D eigenvalue weighted by atomic mass is 10.2. The molecule has 4 aromatic rings. The molecule has 3 aromatic heterocycles. The average Bonchev–Trinajstić information content (AvgIpc) is 3.35. The summed E-state index contributed by atoms with van der Waals surface area (Å²) >= 11 is 0.411. The van der Waals surface area contributed by atoms with Crippen LogP contribution in [0.1, 0.15) is 5.76 Å². The van der Waals surface area contributed by atoms with E-state index in [4.69, 9.17) is 4.42 Å². The molecule has 0 amide bonds. The van der Waals surface area contributed by atoms with Gasteiger partial charge in [-0.3, -0.25) is 4.57 Å². The third kappa shape index (κ3) is 3.38. The van der Waals surface area contributed by atoms with Crippen molar-refractivity contribution in [3.63, 3.8) is 0 Å². The first-order valence-corrected chi connectivity index (χ1v) is 8.75. The van der Waals surface area contributed by atoms with E-state index >= 15 is 0 Å². The third-order valence-corrected chi connectivity index (χ3v) is 4.84. The molecule has 0 aliphatic carbocycles. The van der Waals surface area contributed by atoms with Crippen LogP contribution >= 0.6 is 11.8 Å². The van der Waals surface area contributed by atoms with Crippen LogP contribution in [0.4, 0.5) is 17.6 Å². The van der Waals surface area contributed by atoms with Crippen LogP contribution in [0.25, 0.3) is 11.4 Å². The predicted molar refractivity (Wildman–Crippen MR) is 91.5 cm³/mol. The maximum Gasteiger partial charge on any atom is 0.252 e. The molecular formula is C18H10F4N4OS. The maximum atomic E-state index is 14.0. The zero-order valence-corrected chi connectivity index (χ0v) is 14.8. The lowest BCUT2D eigenvalue weighted by Crippen LogP contribution is -2.06. The number of pyridine rings is 1. The van der Waals surface area contributed by atoms with Gasteiger partial charge in [0.05, 0.1) is 17.7 Å². The first-order valence-electron chi connectivity index (χ1n) is 7.93. The van der Waals surface area contributed by atoms with Crippen molar-refractivity contribution in [1.29, 1.82) is 0 Å². The fourth-order valence-electron chi connectivity index (χ4n) is 2.51. The predicted octanol–water partition coefficient (Wildman–Crippen LogP) is 4.69. The molecule has 0 fully saturated rings. The zero-order chi connectivity index (χ0) is 19.7. The number of hydrogen-bond donors (Lipinski definition) is 0. The molecular weight excluding hydrogens is 396 g/mol. The molecule has 10 heteroatoms. The number of furan rings is 1. The van der Waals surface area contributed by atoms with E-state index in [1.165, 1.54) is 10.8 Å². The monoisotopic (exact) mass is 406 g/mol. The Hall–Kier alpha value is -3.14. The molecule has 0 N–H and O–H groups in total. The van der Waals surface area contributed by atoms with Crippen molar-refractivity contribution < 1.29 is 22.0 Å². The Bertz CT molecular complexity index is 1090. The van der Waals surface area contributed by atoms with Crippen LogP contribution < -0.4 is 0 Å². The smallest absolute Gasteiger partial charge is 0.252 e. The van der Waals surface area contributed by atoms with Gasteiger partial charge in [-0.25, -0.2) is 8.78 Å². The van der Waals surface area contributed by atoms with Gasteiger partial charge in [0.1, 0.15) is 5.76 Å². The fourth-order valence-corrected chi connectivity index (χ4v) is 3.39. The number of benzene rings is 1. The summed E-state index contributed by atoms with van der Waals surface area (Å²) in [6, 6.07) is 12.4. The van der Waals surface area contributed by atoms with Crippen LogP contribution in [-0.2, 0) is 6.54 Å². The number of hydrogen-bond acceptors (Lipinski definition) is 5. The van der Waals surface area contributed by atoms with Crippen LogP contribution in [-0.4, -0.2) is 19.7 Å².